The number of phenols is 1. The van der Waals surface area contributed by atoms with Crippen LogP contribution in [-0.2, 0) is 9.47 Å². The first kappa shape index (κ1) is 19.4. The van der Waals surface area contributed by atoms with Gasteiger partial charge in [-0.2, -0.15) is 0 Å². The molecule has 0 aliphatic heterocycles. The molecule has 2 aromatic rings. The minimum atomic E-state index is -1.45. The highest BCUT2D eigenvalue weighted by Crippen LogP contribution is 2.19. The summed E-state index contributed by atoms with van der Waals surface area (Å²) in [6.07, 6.45) is -1.45. The normalized spacial score (nSPS) is 11.3. The van der Waals surface area contributed by atoms with Crippen LogP contribution in [0, 0.1) is 0 Å². The lowest BCUT2D eigenvalue weighted by molar-refractivity contribution is -0.0694. The van der Waals surface area contributed by atoms with E-state index in [2.05, 4.69) is 0 Å². The maximum Gasteiger partial charge on any atom is 0.342 e. The first-order valence-corrected chi connectivity index (χ1v) is 7.51. The van der Waals surface area contributed by atoms with Crippen LogP contribution in [-0.4, -0.2) is 45.5 Å². The Morgan fingerprint density at radius 3 is 1.81 bits per heavy atom. The molecule has 27 heavy (non-hydrogen) atoms. The molecule has 0 aliphatic rings. The maximum atomic E-state index is 12.1. The number of rotatable bonds is 6. The van der Waals surface area contributed by atoms with Crippen LogP contribution in [0.2, 0.25) is 0 Å². The van der Waals surface area contributed by atoms with Crippen molar-refractivity contribution >= 4 is 23.9 Å². The van der Waals surface area contributed by atoms with Gasteiger partial charge in [0.25, 0.3) is 0 Å². The third kappa shape index (κ3) is 4.60. The zero-order valence-electron chi connectivity index (χ0n) is 13.9. The van der Waals surface area contributed by atoms with E-state index in [0.29, 0.717) is 0 Å². The average molecular weight is 374 g/mol. The molecule has 0 saturated heterocycles. The smallest absolute Gasteiger partial charge is 0.342 e. The summed E-state index contributed by atoms with van der Waals surface area (Å²) in [4.78, 5) is 46.6. The van der Waals surface area contributed by atoms with Gasteiger partial charge in [-0.25, -0.2) is 19.2 Å². The molecule has 9 nitrogen and oxygen atoms in total. The molecule has 0 amide bonds. The average Bonchev–Trinajstić information content (AvgIpc) is 2.61. The van der Waals surface area contributed by atoms with E-state index in [1.807, 2.05) is 0 Å². The molecule has 9 heteroatoms. The summed E-state index contributed by atoms with van der Waals surface area (Å²) in [5.41, 5.74) is -1.37. The third-order valence-electron chi connectivity index (χ3n) is 3.38. The minimum absolute atomic E-state index is 0.239. The standard InChI is InChI=1S/C18H14O9/c1-9(26-17(24)13-5-3-2-4-11(13)15(20)21)27-18(25)14-8-10(19)6-7-12(14)16(22)23/h2-9,19H,1H3,(H,20,21)(H,22,23). The highest BCUT2D eigenvalue weighted by Gasteiger charge is 2.24. The highest BCUT2D eigenvalue weighted by atomic mass is 16.7. The third-order valence-corrected chi connectivity index (χ3v) is 3.38. The monoisotopic (exact) mass is 374 g/mol. The second kappa shape index (κ2) is 8.00. The van der Waals surface area contributed by atoms with E-state index in [-0.39, 0.29) is 16.9 Å². The van der Waals surface area contributed by atoms with Crippen LogP contribution in [0.15, 0.2) is 42.5 Å². The zero-order valence-corrected chi connectivity index (χ0v) is 13.9. The first-order chi connectivity index (χ1) is 12.7. The molecule has 1 atom stereocenters. The van der Waals surface area contributed by atoms with Gasteiger partial charge in [0.15, 0.2) is 0 Å². The summed E-state index contributed by atoms with van der Waals surface area (Å²) in [5.74, 6) is -5.29. The molecule has 0 radical (unpaired) electrons. The summed E-state index contributed by atoms with van der Waals surface area (Å²) in [6.45, 7) is 1.20. The summed E-state index contributed by atoms with van der Waals surface area (Å²) >= 11 is 0. The van der Waals surface area contributed by atoms with Gasteiger partial charge in [-0.05, 0) is 30.3 Å². The lowest BCUT2D eigenvalue weighted by Gasteiger charge is -2.15. The molecule has 0 aromatic heterocycles. The molecule has 140 valence electrons. The van der Waals surface area contributed by atoms with Crippen molar-refractivity contribution in [1.29, 1.82) is 0 Å². The van der Waals surface area contributed by atoms with Crippen molar-refractivity contribution in [2.24, 2.45) is 0 Å². The van der Waals surface area contributed by atoms with Crippen LogP contribution in [0.1, 0.15) is 48.4 Å². The molecular formula is C18H14O9. The molecule has 0 bridgehead atoms. The molecule has 3 N–H and O–H groups in total. The number of carboxylic acids is 2. The Bertz CT molecular complexity index is 917. The van der Waals surface area contributed by atoms with Gasteiger partial charge in [0, 0.05) is 6.92 Å². The number of ether oxygens (including phenoxy) is 2. The lowest BCUT2D eigenvalue weighted by atomic mass is 10.1. The Labute approximate surface area is 152 Å². The predicted molar refractivity (Wildman–Crippen MR) is 88.8 cm³/mol. The number of hydrogen-bond acceptors (Lipinski definition) is 7. The van der Waals surface area contributed by atoms with Crippen LogP contribution >= 0.6 is 0 Å². The van der Waals surface area contributed by atoms with E-state index in [1.165, 1.54) is 31.2 Å². The van der Waals surface area contributed by atoms with Crippen LogP contribution in [0.25, 0.3) is 0 Å². The molecule has 0 fully saturated rings. The largest absolute Gasteiger partial charge is 0.508 e. The Balaban J connectivity index is 2.15. The number of benzene rings is 2. The van der Waals surface area contributed by atoms with E-state index in [4.69, 9.17) is 19.7 Å². The molecule has 0 heterocycles. The number of carboxylic acid groups (broad SMARTS) is 2. The van der Waals surface area contributed by atoms with Gasteiger partial charge in [-0.15, -0.1) is 0 Å². The topological polar surface area (TPSA) is 147 Å². The summed E-state index contributed by atoms with van der Waals surface area (Å²) < 4.78 is 9.77. The Kier molecular flexibility index (Phi) is 5.76. The predicted octanol–water partition coefficient (Wildman–Crippen LogP) is 2.15. The van der Waals surface area contributed by atoms with Crippen molar-refractivity contribution < 1.29 is 44.0 Å². The number of esters is 2. The number of carbonyl (C=O) groups excluding carboxylic acids is 2. The van der Waals surface area contributed by atoms with E-state index in [0.717, 1.165) is 18.2 Å². The van der Waals surface area contributed by atoms with Crippen molar-refractivity contribution in [3.05, 3.63) is 64.7 Å². The highest BCUT2D eigenvalue weighted by molar-refractivity contribution is 6.03. The van der Waals surface area contributed by atoms with Gasteiger partial charge < -0.3 is 24.8 Å². The van der Waals surface area contributed by atoms with Crippen LogP contribution < -0.4 is 0 Å². The number of aromatic hydroxyl groups is 1. The van der Waals surface area contributed by atoms with Crippen LogP contribution in [0.5, 0.6) is 5.75 Å². The summed E-state index contributed by atoms with van der Waals surface area (Å²) in [5, 5.41) is 27.6. The van der Waals surface area contributed by atoms with E-state index in [9.17, 15) is 24.3 Å². The summed E-state index contributed by atoms with van der Waals surface area (Å²) in [7, 11) is 0. The summed E-state index contributed by atoms with van der Waals surface area (Å²) in [6, 6.07) is 8.32. The lowest BCUT2D eigenvalue weighted by Crippen LogP contribution is -2.24. The Morgan fingerprint density at radius 1 is 0.778 bits per heavy atom. The van der Waals surface area contributed by atoms with E-state index >= 15 is 0 Å². The molecule has 2 rings (SSSR count). The van der Waals surface area contributed by atoms with Crippen molar-refractivity contribution in [3.8, 4) is 5.75 Å². The van der Waals surface area contributed by atoms with Crippen molar-refractivity contribution in [1.82, 2.24) is 0 Å². The first-order valence-electron chi connectivity index (χ1n) is 7.51. The molecule has 0 saturated carbocycles. The molecule has 0 aliphatic carbocycles. The number of carbonyl (C=O) groups is 4. The van der Waals surface area contributed by atoms with Gasteiger partial charge in [0.2, 0.25) is 6.29 Å². The van der Waals surface area contributed by atoms with Gasteiger partial charge in [0.05, 0.1) is 22.3 Å². The number of aromatic carboxylic acids is 2. The fraction of sp³-hybridized carbons (Fsp3) is 0.111. The molecule has 1 unspecified atom stereocenters. The molecule has 2 aromatic carbocycles. The second-order valence-electron chi connectivity index (χ2n) is 5.26. The zero-order chi connectivity index (χ0) is 20.1. The Hall–Kier alpha value is -3.88. The minimum Gasteiger partial charge on any atom is -0.508 e. The van der Waals surface area contributed by atoms with Crippen LogP contribution in [0.4, 0.5) is 0 Å². The van der Waals surface area contributed by atoms with Crippen molar-refractivity contribution in [3.63, 3.8) is 0 Å². The van der Waals surface area contributed by atoms with Crippen molar-refractivity contribution in [2.75, 3.05) is 0 Å². The number of phenolic OH excluding ortho intramolecular Hbond substituents is 1. The van der Waals surface area contributed by atoms with Gasteiger partial charge in [0.1, 0.15) is 5.75 Å². The Morgan fingerprint density at radius 2 is 1.26 bits per heavy atom. The second-order valence-corrected chi connectivity index (χ2v) is 5.26. The number of hydrogen-bond donors (Lipinski definition) is 3. The SMILES string of the molecule is CC(OC(=O)c1ccccc1C(=O)O)OC(=O)c1cc(O)ccc1C(=O)O. The fourth-order valence-corrected chi connectivity index (χ4v) is 2.19. The maximum absolute atomic E-state index is 12.1. The van der Waals surface area contributed by atoms with Gasteiger partial charge in [-0.3, -0.25) is 0 Å². The molecule has 0 spiro atoms. The van der Waals surface area contributed by atoms with E-state index < -0.39 is 41.3 Å². The van der Waals surface area contributed by atoms with Crippen LogP contribution in [0.3, 0.4) is 0 Å². The van der Waals surface area contributed by atoms with Crippen molar-refractivity contribution in [2.45, 2.75) is 13.2 Å². The van der Waals surface area contributed by atoms with E-state index in [1.54, 1.807) is 0 Å². The molecular weight excluding hydrogens is 360 g/mol. The van der Waals surface area contributed by atoms with Gasteiger partial charge in [-0.1, -0.05) is 12.1 Å². The fourth-order valence-electron chi connectivity index (χ4n) is 2.19. The quantitative estimate of drug-likeness (QED) is 0.511. The van der Waals surface area contributed by atoms with Gasteiger partial charge >= 0.3 is 23.9 Å².